The Balaban J connectivity index is 1.53. The lowest BCUT2D eigenvalue weighted by Crippen LogP contribution is -2.31. The molecule has 1 atom stereocenters. The van der Waals surface area contributed by atoms with Crippen molar-refractivity contribution in [2.75, 3.05) is 12.9 Å². The monoisotopic (exact) mass is 428 g/mol. The summed E-state index contributed by atoms with van der Waals surface area (Å²) in [6, 6.07) is 14.6. The fourth-order valence-corrected chi connectivity index (χ4v) is 3.48. The quantitative estimate of drug-likeness (QED) is 0.516. The number of carbonyl (C=O) groups is 2. The van der Waals surface area contributed by atoms with Crippen molar-refractivity contribution in [3.05, 3.63) is 77.9 Å². The van der Waals surface area contributed by atoms with Gasteiger partial charge in [0.25, 0.3) is 0 Å². The Bertz CT molecular complexity index is 976. The number of hydrogen-bond acceptors (Lipinski definition) is 6. The minimum absolute atomic E-state index is 0.0394. The van der Waals surface area contributed by atoms with E-state index in [9.17, 15) is 14.0 Å². The van der Waals surface area contributed by atoms with Crippen molar-refractivity contribution in [2.24, 2.45) is 0 Å². The van der Waals surface area contributed by atoms with Crippen LogP contribution in [0.15, 0.2) is 65.3 Å². The molecule has 0 aliphatic rings. The van der Waals surface area contributed by atoms with E-state index < -0.39 is 12.0 Å². The molecule has 1 heterocycles. The van der Waals surface area contributed by atoms with E-state index in [4.69, 9.17) is 9.15 Å². The number of aromatic nitrogens is 1. The van der Waals surface area contributed by atoms with Crippen molar-refractivity contribution in [3.63, 3.8) is 0 Å². The predicted molar refractivity (Wildman–Crippen MR) is 112 cm³/mol. The van der Waals surface area contributed by atoms with Gasteiger partial charge in [-0.05, 0) is 29.8 Å². The molecule has 1 aromatic heterocycles. The molecule has 156 valence electrons. The van der Waals surface area contributed by atoms with Gasteiger partial charge in [0.2, 0.25) is 11.8 Å². The van der Waals surface area contributed by atoms with Crippen LogP contribution in [0.3, 0.4) is 0 Å². The molecule has 3 rings (SSSR count). The number of rotatable bonds is 9. The van der Waals surface area contributed by atoms with Gasteiger partial charge in [-0.1, -0.05) is 30.3 Å². The van der Waals surface area contributed by atoms with Gasteiger partial charge in [-0.3, -0.25) is 9.59 Å². The third-order valence-electron chi connectivity index (χ3n) is 4.26. The first kappa shape index (κ1) is 21.6. The van der Waals surface area contributed by atoms with Crippen LogP contribution in [-0.4, -0.2) is 29.7 Å². The third-order valence-corrected chi connectivity index (χ3v) is 5.23. The molecule has 0 bridgehead atoms. The molecular weight excluding hydrogens is 407 g/mol. The number of nitrogens with zero attached hydrogens (tertiary/aromatic N) is 1. The number of thioether (sulfide) groups is 1. The number of benzene rings is 2. The van der Waals surface area contributed by atoms with E-state index >= 15 is 0 Å². The third kappa shape index (κ3) is 6.18. The Morgan fingerprint density at radius 3 is 2.60 bits per heavy atom. The molecule has 0 fully saturated rings. The van der Waals surface area contributed by atoms with Crippen LogP contribution in [0.4, 0.5) is 4.39 Å². The highest BCUT2D eigenvalue weighted by molar-refractivity contribution is 7.99. The number of methoxy groups -OCH3 is 1. The van der Waals surface area contributed by atoms with E-state index in [1.165, 1.54) is 43.1 Å². The Labute approximate surface area is 177 Å². The number of amides is 1. The fourth-order valence-electron chi connectivity index (χ4n) is 2.77. The van der Waals surface area contributed by atoms with Crippen molar-refractivity contribution in [1.29, 1.82) is 0 Å². The van der Waals surface area contributed by atoms with Crippen molar-refractivity contribution in [1.82, 2.24) is 10.3 Å². The smallest absolute Gasteiger partial charge is 0.307 e. The van der Waals surface area contributed by atoms with Gasteiger partial charge in [-0.2, -0.15) is 0 Å². The Morgan fingerprint density at radius 2 is 1.90 bits per heavy atom. The van der Waals surface area contributed by atoms with E-state index in [1.54, 1.807) is 6.26 Å². The van der Waals surface area contributed by atoms with Gasteiger partial charge in [-0.25, -0.2) is 9.37 Å². The second-order valence-electron chi connectivity index (χ2n) is 6.45. The van der Waals surface area contributed by atoms with Gasteiger partial charge in [-0.15, -0.1) is 11.8 Å². The van der Waals surface area contributed by atoms with E-state index in [2.05, 4.69) is 10.3 Å². The summed E-state index contributed by atoms with van der Waals surface area (Å²) in [7, 11) is 1.28. The standard InChI is InChI=1S/C22H21FN2O4S/c1-28-21(27)11-19(15-7-9-17(23)10-8-15)25-20(26)14-30-13-18-12-29-22(24-18)16-5-3-2-4-6-16/h2-10,12,19H,11,13-14H2,1H3,(H,25,26)/t19-/m0/s1. The number of halogens is 1. The van der Waals surface area contributed by atoms with Crippen molar-refractivity contribution in [3.8, 4) is 11.5 Å². The summed E-state index contributed by atoms with van der Waals surface area (Å²) in [5, 5.41) is 2.81. The van der Waals surface area contributed by atoms with Crippen LogP contribution in [0, 0.1) is 5.82 Å². The molecule has 0 saturated heterocycles. The number of ether oxygens (including phenoxy) is 1. The highest BCUT2D eigenvalue weighted by Gasteiger charge is 2.19. The topological polar surface area (TPSA) is 81.4 Å². The zero-order chi connectivity index (χ0) is 21.3. The van der Waals surface area contributed by atoms with Gasteiger partial charge < -0.3 is 14.5 Å². The van der Waals surface area contributed by atoms with Gasteiger partial charge in [0.15, 0.2) is 0 Å². The normalized spacial score (nSPS) is 11.7. The molecule has 0 unspecified atom stereocenters. The van der Waals surface area contributed by atoms with Crippen LogP contribution in [0.25, 0.3) is 11.5 Å². The van der Waals surface area contributed by atoms with E-state index in [-0.39, 0.29) is 23.9 Å². The summed E-state index contributed by atoms with van der Waals surface area (Å²) in [4.78, 5) is 28.5. The number of esters is 1. The van der Waals surface area contributed by atoms with Crippen LogP contribution in [-0.2, 0) is 20.1 Å². The summed E-state index contributed by atoms with van der Waals surface area (Å²) in [5.74, 6) is 0.109. The lowest BCUT2D eigenvalue weighted by atomic mass is 10.0. The van der Waals surface area contributed by atoms with Crippen LogP contribution in [0.1, 0.15) is 23.7 Å². The average molecular weight is 428 g/mol. The molecule has 0 saturated carbocycles. The lowest BCUT2D eigenvalue weighted by molar-refractivity contribution is -0.141. The first-order valence-electron chi connectivity index (χ1n) is 9.24. The molecule has 1 amide bonds. The van der Waals surface area contributed by atoms with Crippen molar-refractivity contribution < 1.29 is 23.1 Å². The molecule has 30 heavy (non-hydrogen) atoms. The second-order valence-corrected chi connectivity index (χ2v) is 7.44. The van der Waals surface area contributed by atoms with Crippen molar-refractivity contribution >= 4 is 23.6 Å². The van der Waals surface area contributed by atoms with Crippen molar-refractivity contribution in [2.45, 2.75) is 18.2 Å². The maximum Gasteiger partial charge on any atom is 0.307 e. The second kappa shape index (κ2) is 10.6. The summed E-state index contributed by atoms with van der Waals surface area (Å²) in [5.41, 5.74) is 2.25. The number of oxazole rings is 1. The Hall–Kier alpha value is -3.13. The minimum atomic E-state index is -0.595. The largest absolute Gasteiger partial charge is 0.469 e. The maximum atomic E-state index is 13.2. The van der Waals surface area contributed by atoms with Crippen LogP contribution in [0.5, 0.6) is 0 Å². The number of carbonyl (C=O) groups excluding carboxylic acids is 2. The zero-order valence-corrected chi connectivity index (χ0v) is 17.2. The highest BCUT2D eigenvalue weighted by atomic mass is 32.2. The van der Waals surface area contributed by atoms with Crippen LogP contribution in [0.2, 0.25) is 0 Å². The number of nitrogens with one attached hydrogen (secondary N) is 1. The van der Waals surface area contributed by atoms with Crippen LogP contribution >= 0.6 is 11.8 Å². The molecule has 0 aliphatic heterocycles. The highest BCUT2D eigenvalue weighted by Crippen LogP contribution is 2.21. The summed E-state index contributed by atoms with van der Waals surface area (Å²) in [6.07, 6.45) is 1.54. The summed E-state index contributed by atoms with van der Waals surface area (Å²) < 4.78 is 23.4. The van der Waals surface area contributed by atoms with E-state index in [1.807, 2.05) is 30.3 Å². The van der Waals surface area contributed by atoms with Gasteiger partial charge in [0.05, 0.1) is 31.0 Å². The average Bonchev–Trinajstić information content (AvgIpc) is 3.23. The minimum Gasteiger partial charge on any atom is -0.469 e. The molecule has 1 N–H and O–H groups in total. The molecule has 0 spiro atoms. The fraction of sp³-hybridized carbons (Fsp3) is 0.227. The van der Waals surface area contributed by atoms with E-state index in [0.29, 0.717) is 17.2 Å². The van der Waals surface area contributed by atoms with Gasteiger partial charge in [0.1, 0.15) is 12.1 Å². The number of hydrogen-bond donors (Lipinski definition) is 1. The summed E-state index contributed by atoms with van der Waals surface area (Å²) >= 11 is 1.38. The molecule has 0 radical (unpaired) electrons. The van der Waals surface area contributed by atoms with Gasteiger partial charge in [0, 0.05) is 11.3 Å². The van der Waals surface area contributed by atoms with E-state index in [0.717, 1.165) is 11.3 Å². The first-order valence-corrected chi connectivity index (χ1v) is 10.4. The summed E-state index contributed by atoms with van der Waals surface area (Å²) in [6.45, 7) is 0. The lowest BCUT2D eigenvalue weighted by Gasteiger charge is -2.18. The zero-order valence-electron chi connectivity index (χ0n) is 16.3. The predicted octanol–water partition coefficient (Wildman–Crippen LogP) is 4.13. The molecule has 6 nitrogen and oxygen atoms in total. The Morgan fingerprint density at radius 1 is 1.17 bits per heavy atom. The molecule has 8 heteroatoms. The van der Waals surface area contributed by atoms with Gasteiger partial charge >= 0.3 is 5.97 Å². The SMILES string of the molecule is COC(=O)C[C@H](NC(=O)CSCc1coc(-c2ccccc2)n1)c1ccc(F)cc1. The molecule has 2 aromatic carbocycles. The maximum absolute atomic E-state index is 13.2. The molecular formula is C22H21FN2O4S. The Kier molecular flexibility index (Phi) is 7.62. The molecule has 0 aliphatic carbocycles. The molecule has 3 aromatic rings. The van der Waals surface area contributed by atoms with Crippen LogP contribution < -0.4 is 5.32 Å². The first-order chi connectivity index (χ1) is 14.5.